The molecule has 1 N–H and O–H groups in total. The van der Waals surface area contributed by atoms with E-state index in [1.165, 1.54) is 31.4 Å². The van der Waals surface area contributed by atoms with E-state index in [1.807, 2.05) is 10.8 Å². The average Bonchev–Trinajstić information content (AvgIpc) is 2.03. The van der Waals surface area contributed by atoms with Gasteiger partial charge >= 0.3 is 0 Å². The summed E-state index contributed by atoms with van der Waals surface area (Å²) < 4.78 is 3.29. The Morgan fingerprint density at radius 3 is 2.55 bits per heavy atom. The smallest absolute Gasteiger partial charge is 0.00637 e. The molecule has 0 aromatic heterocycles. The van der Waals surface area contributed by atoms with E-state index in [1.54, 1.807) is 11.0 Å². The van der Waals surface area contributed by atoms with Gasteiger partial charge in [-0.15, -0.1) is 0 Å². The van der Waals surface area contributed by atoms with Crippen molar-refractivity contribution in [2.24, 2.45) is 0 Å². The van der Waals surface area contributed by atoms with Crippen LogP contribution in [-0.4, -0.2) is 12.3 Å². The number of hydrogen-bond acceptors (Lipinski definition) is 3. The van der Waals surface area contributed by atoms with Crippen molar-refractivity contribution in [1.29, 1.82) is 0 Å². The summed E-state index contributed by atoms with van der Waals surface area (Å²) in [7, 11) is 3.73. The minimum atomic E-state index is 1.13. The highest BCUT2D eigenvalue weighted by Crippen LogP contribution is 2.18. The van der Waals surface area contributed by atoms with Crippen LogP contribution >= 0.6 is 21.8 Å². The van der Waals surface area contributed by atoms with Gasteiger partial charge in [0.05, 0.1) is 0 Å². The summed E-state index contributed by atoms with van der Waals surface area (Å²) in [6, 6.07) is 0. The van der Waals surface area contributed by atoms with Crippen molar-refractivity contribution in [3.63, 3.8) is 0 Å². The molecule has 0 aliphatic heterocycles. The second-order valence-corrected chi connectivity index (χ2v) is 4.81. The van der Waals surface area contributed by atoms with Crippen LogP contribution in [0.1, 0.15) is 39.5 Å². The third-order valence-electron chi connectivity index (χ3n) is 1.30. The van der Waals surface area contributed by atoms with Crippen LogP contribution in [0.15, 0.2) is 0 Å². The second-order valence-electron chi connectivity index (χ2n) is 2.51. The number of unbranched alkanes of at least 4 members (excludes halogenated alkanes) is 2. The van der Waals surface area contributed by atoms with Crippen LogP contribution < -0.4 is 4.72 Å². The van der Waals surface area contributed by atoms with Crippen molar-refractivity contribution in [1.82, 2.24) is 4.72 Å². The lowest BCUT2D eigenvalue weighted by Crippen LogP contribution is -2.01. The van der Waals surface area contributed by atoms with Gasteiger partial charge in [0.15, 0.2) is 0 Å². The maximum Gasteiger partial charge on any atom is 0.00637 e. The van der Waals surface area contributed by atoms with Crippen molar-refractivity contribution in [3.05, 3.63) is 0 Å². The van der Waals surface area contributed by atoms with E-state index in [9.17, 15) is 0 Å². The standard InChI is InChI=1S/C8H19NS2/c1-3-5-6-8-10-11-9-7-4-2/h9H,3-8H2,1-2H3. The van der Waals surface area contributed by atoms with Gasteiger partial charge < -0.3 is 0 Å². The highest BCUT2D eigenvalue weighted by molar-refractivity contribution is 8.76. The van der Waals surface area contributed by atoms with Crippen LogP contribution in [-0.2, 0) is 0 Å². The van der Waals surface area contributed by atoms with E-state index >= 15 is 0 Å². The molecule has 3 heteroatoms. The first kappa shape index (κ1) is 11.7. The van der Waals surface area contributed by atoms with Crippen LogP contribution in [0.5, 0.6) is 0 Å². The van der Waals surface area contributed by atoms with Gasteiger partial charge in [-0.3, -0.25) is 4.72 Å². The lowest BCUT2D eigenvalue weighted by Gasteiger charge is -2.00. The molecule has 0 aromatic rings. The molecule has 68 valence electrons. The molecule has 0 aliphatic rings. The summed E-state index contributed by atoms with van der Waals surface area (Å²) in [5.41, 5.74) is 0. The van der Waals surface area contributed by atoms with Gasteiger partial charge in [-0.1, -0.05) is 37.5 Å². The maximum absolute atomic E-state index is 3.29. The SMILES string of the molecule is CCCCCSSNCCC. The Labute approximate surface area is 78.6 Å². The third-order valence-corrected chi connectivity index (χ3v) is 3.40. The number of rotatable bonds is 8. The molecule has 0 amide bonds. The van der Waals surface area contributed by atoms with E-state index < -0.39 is 0 Å². The normalized spacial score (nSPS) is 10.4. The van der Waals surface area contributed by atoms with E-state index in [0.29, 0.717) is 0 Å². The molecule has 0 aliphatic carbocycles. The molecule has 1 nitrogen and oxygen atoms in total. The van der Waals surface area contributed by atoms with Crippen LogP contribution in [0.2, 0.25) is 0 Å². The molecular weight excluding hydrogens is 174 g/mol. The number of nitrogens with one attached hydrogen (secondary N) is 1. The first-order valence-electron chi connectivity index (χ1n) is 4.43. The monoisotopic (exact) mass is 193 g/mol. The first-order valence-corrected chi connectivity index (χ1v) is 6.75. The van der Waals surface area contributed by atoms with Crippen LogP contribution in [0.3, 0.4) is 0 Å². The molecule has 11 heavy (non-hydrogen) atoms. The van der Waals surface area contributed by atoms with Gasteiger partial charge in [-0.25, -0.2) is 0 Å². The topological polar surface area (TPSA) is 12.0 Å². The minimum Gasteiger partial charge on any atom is -0.255 e. The zero-order chi connectivity index (χ0) is 8.36. The lowest BCUT2D eigenvalue weighted by atomic mass is 10.3. The quantitative estimate of drug-likeness (QED) is 0.360. The zero-order valence-electron chi connectivity index (χ0n) is 7.56. The predicted molar refractivity (Wildman–Crippen MR) is 57.9 cm³/mol. The molecule has 0 saturated carbocycles. The summed E-state index contributed by atoms with van der Waals surface area (Å²) in [6.07, 6.45) is 5.29. The van der Waals surface area contributed by atoms with Crippen molar-refractivity contribution >= 4 is 21.8 Å². The third kappa shape index (κ3) is 10.7. The summed E-state index contributed by atoms with van der Waals surface area (Å²) in [6.45, 7) is 5.56. The van der Waals surface area contributed by atoms with E-state index in [2.05, 4.69) is 18.6 Å². The lowest BCUT2D eigenvalue weighted by molar-refractivity contribution is 0.779. The highest BCUT2D eigenvalue weighted by atomic mass is 33.1. The Hall–Kier alpha value is 0.660. The molecule has 0 spiro atoms. The molecule has 0 fully saturated rings. The van der Waals surface area contributed by atoms with Gasteiger partial charge in [0.2, 0.25) is 0 Å². The van der Waals surface area contributed by atoms with Crippen molar-refractivity contribution < 1.29 is 0 Å². The second kappa shape index (κ2) is 10.7. The van der Waals surface area contributed by atoms with Gasteiger partial charge in [0.25, 0.3) is 0 Å². The summed E-state index contributed by atoms with van der Waals surface area (Å²) >= 11 is 0. The fourth-order valence-electron chi connectivity index (χ4n) is 0.638. The van der Waals surface area contributed by atoms with Crippen molar-refractivity contribution in [2.75, 3.05) is 12.3 Å². The molecule has 0 saturated heterocycles. The van der Waals surface area contributed by atoms with Gasteiger partial charge in [-0.2, -0.15) is 0 Å². The van der Waals surface area contributed by atoms with E-state index in [-0.39, 0.29) is 0 Å². The molecule has 0 rings (SSSR count). The Bertz CT molecular complexity index is 61.1. The summed E-state index contributed by atoms with van der Waals surface area (Å²) in [5, 5.41) is 0. The first-order chi connectivity index (χ1) is 5.41. The fraction of sp³-hybridized carbons (Fsp3) is 1.00. The van der Waals surface area contributed by atoms with Crippen LogP contribution in [0.25, 0.3) is 0 Å². The minimum absolute atomic E-state index is 1.13. The molecule has 0 aromatic carbocycles. The van der Waals surface area contributed by atoms with E-state index in [4.69, 9.17) is 0 Å². The molecule has 0 bridgehead atoms. The average molecular weight is 193 g/mol. The van der Waals surface area contributed by atoms with Crippen molar-refractivity contribution in [2.45, 2.75) is 39.5 Å². The molecular formula is C8H19NS2. The maximum atomic E-state index is 3.29. The van der Waals surface area contributed by atoms with Gasteiger partial charge in [-0.05, 0) is 23.8 Å². The molecule has 0 radical (unpaired) electrons. The molecule has 0 atom stereocenters. The molecule has 0 heterocycles. The highest BCUT2D eigenvalue weighted by Gasteiger charge is 1.88. The van der Waals surface area contributed by atoms with Crippen LogP contribution in [0, 0.1) is 0 Å². The van der Waals surface area contributed by atoms with E-state index in [0.717, 1.165) is 6.54 Å². The Kier molecular flexibility index (Phi) is 11.3. The summed E-state index contributed by atoms with van der Waals surface area (Å²) in [5.74, 6) is 1.29. The van der Waals surface area contributed by atoms with Crippen molar-refractivity contribution in [3.8, 4) is 0 Å². The molecule has 0 unspecified atom stereocenters. The zero-order valence-corrected chi connectivity index (χ0v) is 9.19. The van der Waals surface area contributed by atoms with Gasteiger partial charge in [0, 0.05) is 12.3 Å². The van der Waals surface area contributed by atoms with Crippen LogP contribution in [0.4, 0.5) is 0 Å². The van der Waals surface area contributed by atoms with Gasteiger partial charge in [0.1, 0.15) is 0 Å². The number of hydrogen-bond donors (Lipinski definition) is 1. The summed E-state index contributed by atoms with van der Waals surface area (Å²) in [4.78, 5) is 0. The Morgan fingerprint density at radius 1 is 1.09 bits per heavy atom. The largest absolute Gasteiger partial charge is 0.255 e. The predicted octanol–water partition coefficient (Wildman–Crippen LogP) is 3.47. The fourth-order valence-corrected chi connectivity index (χ4v) is 2.52. The Morgan fingerprint density at radius 2 is 1.91 bits per heavy atom. The Balaban J connectivity index is 2.69.